The molecule has 0 N–H and O–H groups in total. The van der Waals surface area contributed by atoms with Crippen LogP contribution in [0.4, 0.5) is 0 Å². The van der Waals surface area contributed by atoms with Gasteiger partial charge in [0.1, 0.15) is 23.7 Å². The van der Waals surface area contributed by atoms with Crippen molar-refractivity contribution in [2.24, 2.45) is 10.8 Å². The second kappa shape index (κ2) is 12.4. The number of carbonyl (C=O) groups excluding carboxylic acids is 2. The number of hydrogen-bond donors (Lipinski definition) is 0. The lowest BCUT2D eigenvalue weighted by molar-refractivity contribution is -0.129. The second-order valence-electron chi connectivity index (χ2n) is 20.2. The first-order valence-corrected chi connectivity index (χ1v) is 19.9. The van der Waals surface area contributed by atoms with Crippen molar-refractivity contribution in [3.05, 3.63) is 104 Å². The summed E-state index contributed by atoms with van der Waals surface area (Å²) in [7, 11) is 0. The highest BCUT2D eigenvalue weighted by Gasteiger charge is 2.56. The Balaban J connectivity index is 1.62. The minimum absolute atomic E-state index is 0.119. The van der Waals surface area contributed by atoms with Gasteiger partial charge in [-0.05, 0) is 105 Å². The number of Topliss-reactive ketones (excluding diaryl/α,β-unsaturated/α-hetero) is 2. The normalized spacial score (nSPS) is 26.3. The molecule has 0 radical (unpaired) electrons. The molecule has 0 saturated heterocycles. The summed E-state index contributed by atoms with van der Waals surface area (Å²) in [4.78, 5) is 30.9. The molecule has 0 fully saturated rings. The van der Waals surface area contributed by atoms with Crippen molar-refractivity contribution in [1.82, 2.24) is 0 Å². The largest absolute Gasteiger partial charge is 0.474 e. The van der Waals surface area contributed by atoms with E-state index in [1.807, 2.05) is 38.2 Å². The highest BCUT2D eigenvalue weighted by molar-refractivity contribution is 6.09. The molecule has 2 aromatic rings. The van der Waals surface area contributed by atoms with Crippen molar-refractivity contribution in [3.63, 3.8) is 0 Å². The molecular formula is C48H60O6. The Hall–Kier alpha value is -3.74. The molecule has 0 unspecified atom stereocenters. The zero-order valence-corrected chi connectivity index (χ0v) is 35.1. The van der Waals surface area contributed by atoms with E-state index in [2.05, 4.69) is 107 Å². The van der Waals surface area contributed by atoms with Crippen LogP contribution in [0, 0.1) is 10.8 Å². The van der Waals surface area contributed by atoms with E-state index in [0.717, 1.165) is 44.5 Å². The fourth-order valence-corrected chi connectivity index (χ4v) is 8.57. The van der Waals surface area contributed by atoms with Crippen molar-refractivity contribution in [2.45, 2.75) is 144 Å². The summed E-state index contributed by atoms with van der Waals surface area (Å²) in [6, 6.07) is 8.66. The van der Waals surface area contributed by atoms with Gasteiger partial charge in [0.25, 0.3) is 0 Å². The molecule has 2 aliphatic carbocycles. The van der Waals surface area contributed by atoms with Gasteiger partial charge in [-0.3, -0.25) is 9.59 Å². The fraction of sp³-hybridized carbons (Fsp3) is 0.542. The summed E-state index contributed by atoms with van der Waals surface area (Å²) in [6.45, 7) is 30.8. The summed E-state index contributed by atoms with van der Waals surface area (Å²) in [5.41, 5.74) is 4.98. The zero-order chi connectivity index (χ0) is 39.6. The van der Waals surface area contributed by atoms with Crippen LogP contribution in [-0.2, 0) is 42.7 Å². The van der Waals surface area contributed by atoms with Gasteiger partial charge in [-0.25, -0.2) is 0 Å². The molecule has 4 atom stereocenters. The number of hydrogen-bond acceptors (Lipinski definition) is 6. The molecule has 0 aromatic heterocycles. The Kier molecular flexibility index (Phi) is 8.83. The van der Waals surface area contributed by atoms with Gasteiger partial charge in [-0.1, -0.05) is 95.2 Å². The van der Waals surface area contributed by atoms with Gasteiger partial charge in [0, 0.05) is 48.3 Å². The standard InChI is InChI=1S/C48H60O6/c1-15-51-39-33-19-29(43(3,4)5)17-27-23-48(53-37(27)33)26-32(46(12,13)14)22-36(42(48)50)40(52-16-2)34-20-30(44(6,7)8)18-28-24-47(54-38(28)34)25-31(45(9,10)11)21-35(39)41(47)49/h17-22,25-26,39-40H,15-16,23-24H2,1-14H3/t39-,40+,47+,48-. The third kappa shape index (κ3) is 6.16. The summed E-state index contributed by atoms with van der Waals surface area (Å²) < 4.78 is 27.8. The van der Waals surface area contributed by atoms with Gasteiger partial charge < -0.3 is 18.9 Å². The molecule has 3 aliphatic heterocycles. The van der Waals surface area contributed by atoms with Crippen molar-refractivity contribution in [1.29, 1.82) is 0 Å². The Labute approximate surface area is 323 Å². The lowest BCUT2D eigenvalue weighted by Gasteiger charge is -2.38. The first-order valence-electron chi connectivity index (χ1n) is 19.9. The van der Waals surface area contributed by atoms with Crippen LogP contribution in [0.15, 0.2) is 70.9 Å². The minimum atomic E-state index is -1.31. The maximum Gasteiger partial charge on any atom is 0.209 e. The molecule has 6 bridgehead atoms. The number of benzene rings is 2. The van der Waals surface area contributed by atoms with Crippen LogP contribution in [0.3, 0.4) is 0 Å². The van der Waals surface area contributed by atoms with E-state index in [4.69, 9.17) is 18.9 Å². The van der Waals surface area contributed by atoms with E-state index < -0.39 is 23.4 Å². The molecule has 3 heterocycles. The van der Waals surface area contributed by atoms with Crippen LogP contribution in [0.1, 0.15) is 143 Å². The molecule has 0 amide bonds. The van der Waals surface area contributed by atoms with Gasteiger partial charge in [-0.2, -0.15) is 0 Å². The summed E-state index contributed by atoms with van der Waals surface area (Å²) in [6.07, 6.45) is 7.35. The van der Waals surface area contributed by atoms with Gasteiger partial charge in [-0.15, -0.1) is 0 Å². The summed E-state index contributed by atoms with van der Waals surface area (Å²) in [5, 5.41) is 0. The van der Waals surface area contributed by atoms with E-state index >= 15 is 9.59 Å². The molecule has 6 nitrogen and oxygen atoms in total. The molecule has 2 spiro atoms. The molecule has 288 valence electrons. The lowest BCUT2D eigenvalue weighted by Crippen LogP contribution is -2.47. The molecule has 2 aromatic carbocycles. The van der Waals surface area contributed by atoms with Crippen LogP contribution in [0.25, 0.3) is 0 Å². The number of allylic oxidation sites excluding steroid dienone is 4. The Bertz CT molecular complexity index is 1930. The summed E-state index contributed by atoms with van der Waals surface area (Å²) in [5.74, 6) is 0.991. The Morgan fingerprint density at radius 2 is 0.926 bits per heavy atom. The van der Waals surface area contributed by atoms with Crippen molar-refractivity contribution in [2.75, 3.05) is 13.2 Å². The highest BCUT2D eigenvalue weighted by atomic mass is 16.5. The average molecular weight is 733 g/mol. The SMILES string of the molecule is CCO[C@@H]1C2=CC(C(C)(C)C)=C[C@]3(Cc4cc(C(C)(C)C)cc(c4O3)[C@@H](OCC)C3=CC(C(C)(C)C)=C[C@@]4(Cc5cc(C(C)(C)C)cc1c5O4)C3=O)C2=O. The first-order chi connectivity index (χ1) is 24.9. The predicted octanol–water partition coefficient (Wildman–Crippen LogP) is 10.5. The Morgan fingerprint density at radius 3 is 1.22 bits per heavy atom. The molecular weight excluding hydrogens is 673 g/mol. The first kappa shape index (κ1) is 38.5. The third-order valence-corrected chi connectivity index (χ3v) is 11.8. The topological polar surface area (TPSA) is 71.1 Å². The van der Waals surface area contributed by atoms with Crippen molar-refractivity contribution >= 4 is 11.6 Å². The van der Waals surface area contributed by atoms with E-state index in [0.29, 0.717) is 48.7 Å². The zero-order valence-electron chi connectivity index (χ0n) is 35.1. The second-order valence-corrected chi connectivity index (χ2v) is 20.2. The molecule has 5 aliphatic rings. The van der Waals surface area contributed by atoms with Crippen LogP contribution in [0.2, 0.25) is 0 Å². The number of ketones is 2. The maximum atomic E-state index is 15.5. The monoisotopic (exact) mass is 732 g/mol. The van der Waals surface area contributed by atoms with Gasteiger partial charge >= 0.3 is 0 Å². The molecule has 54 heavy (non-hydrogen) atoms. The highest BCUT2D eigenvalue weighted by Crippen LogP contribution is 2.55. The quantitative estimate of drug-likeness (QED) is 0.312. The van der Waals surface area contributed by atoms with Crippen LogP contribution in [0.5, 0.6) is 11.5 Å². The van der Waals surface area contributed by atoms with E-state index in [1.165, 1.54) is 0 Å². The van der Waals surface area contributed by atoms with E-state index in [-0.39, 0.29) is 33.2 Å². The smallest absolute Gasteiger partial charge is 0.209 e. The van der Waals surface area contributed by atoms with E-state index in [1.54, 1.807) is 0 Å². The van der Waals surface area contributed by atoms with Crippen molar-refractivity contribution in [3.8, 4) is 11.5 Å². The number of rotatable bonds is 4. The van der Waals surface area contributed by atoms with Crippen LogP contribution < -0.4 is 9.47 Å². The van der Waals surface area contributed by atoms with Crippen molar-refractivity contribution < 1.29 is 28.5 Å². The van der Waals surface area contributed by atoms with Gasteiger partial charge in [0.05, 0.1) is 0 Å². The third-order valence-electron chi connectivity index (χ3n) is 11.8. The number of fused-ring (bicyclic) bond motifs is 2. The van der Waals surface area contributed by atoms with E-state index in [9.17, 15) is 0 Å². The van der Waals surface area contributed by atoms with Gasteiger partial charge in [0.2, 0.25) is 11.6 Å². The van der Waals surface area contributed by atoms with Gasteiger partial charge in [0.15, 0.2) is 11.2 Å². The molecule has 0 saturated carbocycles. The minimum Gasteiger partial charge on any atom is -0.474 e. The fourth-order valence-electron chi connectivity index (χ4n) is 8.57. The summed E-state index contributed by atoms with van der Waals surface area (Å²) >= 11 is 0. The average Bonchev–Trinajstić information content (AvgIpc) is 3.61. The predicted molar refractivity (Wildman–Crippen MR) is 214 cm³/mol. The van der Waals surface area contributed by atoms with Crippen LogP contribution in [-0.4, -0.2) is 36.0 Å². The number of ether oxygens (including phenoxy) is 4. The lowest BCUT2D eigenvalue weighted by atomic mass is 9.71. The molecule has 6 heteroatoms. The number of carbonyl (C=O) groups is 2. The molecule has 7 rings (SSSR count). The Morgan fingerprint density at radius 1 is 0.574 bits per heavy atom. The maximum absolute atomic E-state index is 15.5. The van der Waals surface area contributed by atoms with Crippen LogP contribution >= 0.6 is 0 Å².